The maximum Gasteiger partial charge on any atom is 0.316 e. The van der Waals surface area contributed by atoms with Crippen LogP contribution in [0.15, 0.2) is 4.52 Å². The summed E-state index contributed by atoms with van der Waals surface area (Å²) in [6.07, 6.45) is 7.97. The average Bonchev–Trinajstić information content (AvgIpc) is 3.20. The number of amides is 1. The third-order valence-corrected chi connectivity index (χ3v) is 7.58. The molecule has 8 heteroatoms. The van der Waals surface area contributed by atoms with Gasteiger partial charge in [-0.25, -0.2) is 0 Å². The zero-order valence-corrected chi connectivity index (χ0v) is 17.1. The largest absolute Gasteiger partial charge is 0.347 e. The van der Waals surface area contributed by atoms with Crippen molar-refractivity contribution in [1.29, 1.82) is 0 Å². The molecule has 28 heavy (non-hydrogen) atoms. The van der Waals surface area contributed by atoms with Gasteiger partial charge in [-0.05, 0) is 75.5 Å². The van der Waals surface area contributed by atoms with Crippen LogP contribution in [0, 0.1) is 37.0 Å². The molecule has 4 bridgehead atoms. The molecule has 2 aromatic heterocycles. The molecule has 4 aliphatic rings. The van der Waals surface area contributed by atoms with Crippen LogP contribution in [-0.2, 0) is 6.54 Å². The van der Waals surface area contributed by atoms with Gasteiger partial charge in [0.05, 0.1) is 16.4 Å². The van der Waals surface area contributed by atoms with Gasteiger partial charge in [0.25, 0.3) is 0 Å². The van der Waals surface area contributed by atoms with Crippen LogP contribution in [0.2, 0.25) is 5.02 Å². The van der Waals surface area contributed by atoms with E-state index in [1.807, 2.05) is 13.8 Å². The first-order valence-corrected chi connectivity index (χ1v) is 10.6. The monoisotopic (exact) mass is 403 g/mol. The first-order valence-electron chi connectivity index (χ1n) is 10.2. The molecule has 0 radical (unpaired) electrons. The molecule has 0 aromatic carbocycles. The highest BCUT2D eigenvalue weighted by atomic mass is 35.5. The summed E-state index contributed by atoms with van der Waals surface area (Å²) in [5.74, 6) is 2.76. The molecule has 0 saturated heterocycles. The Balaban J connectivity index is 1.22. The summed E-state index contributed by atoms with van der Waals surface area (Å²) in [5.41, 5.74) is 1.89. The van der Waals surface area contributed by atoms with Crippen molar-refractivity contribution in [2.75, 3.05) is 6.54 Å². The Hall–Kier alpha value is -1.89. The summed E-state index contributed by atoms with van der Waals surface area (Å²) >= 11 is 6.18. The van der Waals surface area contributed by atoms with Crippen molar-refractivity contribution >= 4 is 17.5 Å². The van der Waals surface area contributed by atoms with Crippen molar-refractivity contribution < 1.29 is 9.32 Å². The first-order chi connectivity index (χ1) is 13.4. The lowest BCUT2D eigenvalue weighted by Crippen LogP contribution is -2.51. The predicted octanol–water partition coefficient (Wildman–Crippen LogP) is 3.53. The minimum absolute atomic E-state index is 0.0207. The van der Waals surface area contributed by atoms with Crippen LogP contribution in [0.1, 0.15) is 66.4 Å². The Morgan fingerprint density at radius 3 is 2.43 bits per heavy atom. The molecule has 150 valence electrons. The van der Waals surface area contributed by atoms with Crippen molar-refractivity contribution in [2.45, 2.75) is 58.9 Å². The van der Waals surface area contributed by atoms with Crippen molar-refractivity contribution in [3.05, 3.63) is 28.1 Å². The molecule has 6 rings (SSSR count). The highest BCUT2D eigenvalue weighted by molar-refractivity contribution is 6.31. The minimum Gasteiger partial charge on any atom is -0.347 e. The second-order valence-electron chi connectivity index (χ2n) is 9.26. The van der Waals surface area contributed by atoms with Crippen LogP contribution in [-0.4, -0.2) is 32.4 Å². The maximum absolute atomic E-state index is 12.6. The second kappa shape index (κ2) is 6.58. The summed E-state index contributed by atoms with van der Waals surface area (Å²) in [6, 6.07) is 0. The fourth-order valence-electron chi connectivity index (χ4n) is 6.22. The number of rotatable bonds is 5. The van der Waals surface area contributed by atoms with Gasteiger partial charge in [-0.2, -0.15) is 10.1 Å². The van der Waals surface area contributed by atoms with E-state index in [1.165, 1.54) is 38.5 Å². The fourth-order valence-corrected chi connectivity index (χ4v) is 6.36. The van der Waals surface area contributed by atoms with Gasteiger partial charge in [0.1, 0.15) is 6.54 Å². The molecule has 0 aliphatic heterocycles. The molecule has 7 nitrogen and oxygen atoms in total. The van der Waals surface area contributed by atoms with Crippen LogP contribution in [0.5, 0.6) is 0 Å². The number of carbonyl (C=O) groups excluding carboxylic acids is 1. The number of aromatic nitrogens is 4. The van der Waals surface area contributed by atoms with E-state index < -0.39 is 0 Å². The molecule has 1 N–H and O–H groups in total. The Labute approximate surface area is 169 Å². The average molecular weight is 404 g/mol. The number of hydrogen-bond acceptors (Lipinski definition) is 5. The van der Waals surface area contributed by atoms with Gasteiger partial charge in [0.15, 0.2) is 5.82 Å². The van der Waals surface area contributed by atoms with Crippen molar-refractivity contribution in [2.24, 2.45) is 23.2 Å². The lowest BCUT2D eigenvalue weighted by Gasteiger charge is -2.56. The molecule has 0 unspecified atom stereocenters. The number of carbonyl (C=O) groups is 1. The van der Waals surface area contributed by atoms with Gasteiger partial charge in [-0.1, -0.05) is 16.8 Å². The number of aryl methyl sites for hydroxylation is 1. The lowest BCUT2D eigenvalue weighted by atomic mass is 9.49. The van der Waals surface area contributed by atoms with Gasteiger partial charge in [-0.3, -0.25) is 9.48 Å². The van der Waals surface area contributed by atoms with Crippen LogP contribution < -0.4 is 5.32 Å². The number of halogens is 1. The Bertz CT molecular complexity index is 883. The van der Waals surface area contributed by atoms with Crippen molar-refractivity contribution in [1.82, 2.24) is 25.2 Å². The SMILES string of the molecule is Cc1nn(Cc2noc(C(=O)NCC34CC5CC(CC(C5)C3)C4)n2)c(C)c1Cl. The first kappa shape index (κ1) is 18.2. The van der Waals surface area contributed by atoms with E-state index in [9.17, 15) is 4.79 Å². The molecule has 2 aromatic rings. The molecule has 4 saturated carbocycles. The van der Waals surface area contributed by atoms with E-state index in [2.05, 4.69) is 20.6 Å². The van der Waals surface area contributed by atoms with E-state index in [1.54, 1.807) is 4.68 Å². The Morgan fingerprint density at radius 1 is 1.21 bits per heavy atom. The summed E-state index contributed by atoms with van der Waals surface area (Å²) < 4.78 is 6.92. The van der Waals surface area contributed by atoms with Crippen molar-refractivity contribution in [3.8, 4) is 0 Å². The Morgan fingerprint density at radius 2 is 1.86 bits per heavy atom. The van der Waals surface area contributed by atoms with E-state index in [0.29, 0.717) is 17.4 Å². The summed E-state index contributed by atoms with van der Waals surface area (Å²) in [7, 11) is 0. The van der Waals surface area contributed by atoms with Gasteiger partial charge in [-0.15, -0.1) is 0 Å². The van der Waals surface area contributed by atoms with Gasteiger partial charge < -0.3 is 9.84 Å². The molecule has 4 aliphatic carbocycles. The number of nitrogens with zero attached hydrogens (tertiary/aromatic N) is 4. The fraction of sp³-hybridized carbons (Fsp3) is 0.700. The predicted molar refractivity (Wildman–Crippen MR) is 103 cm³/mol. The molecular weight excluding hydrogens is 378 g/mol. The van der Waals surface area contributed by atoms with Crippen LogP contribution >= 0.6 is 11.6 Å². The van der Waals surface area contributed by atoms with E-state index in [4.69, 9.17) is 16.1 Å². The van der Waals surface area contributed by atoms with Gasteiger partial charge in [0.2, 0.25) is 0 Å². The van der Waals surface area contributed by atoms with Crippen LogP contribution in [0.4, 0.5) is 0 Å². The van der Waals surface area contributed by atoms with E-state index in [0.717, 1.165) is 35.7 Å². The maximum atomic E-state index is 12.6. The molecule has 0 atom stereocenters. The summed E-state index contributed by atoms with van der Waals surface area (Å²) in [6.45, 7) is 4.79. The number of nitrogens with one attached hydrogen (secondary N) is 1. The highest BCUT2D eigenvalue weighted by Crippen LogP contribution is 2.59. The smallest absolute Gasteiger partial charge is 0.316 e. The quantitative estimate of drug-likeness (QED) is 0.825. The lowest BCUT2D eigenvalue weighted by molar-refractivity contribution is -0.0504. The van der Waals surface area contributed by atoms with E-state index >= 15 is 0 Å². The summed E-state index contributed by atoms with van der Waals surface area (Å²) in [4.78, 5) is 16.8. The van der Waals surface area contributed by atoms with Gasteiger partial charge >= 0.3 is 11.8 Å². The summed E-state index contributed by atoms with van der Waals surface area (Å²) in [5, 5.41) is 12.0. The molecule has 1 amide bonds. The zero-order valence-electron chi connectivity index (χ0n) is 16.4. The zero-order chi connectivity index (χ0) is 19.5. The normalized spacial score (nSPS) is 30.8. The third-order valence-electron chi connectivity index (χ3n) is 7.04. The van der Waals surface area contributed by atoms with Crippen molar-refractivity contribution in [3.63, 3.8) is 0 Å². The van der Waals surface area contributed by atoms with Gasteiger partial charge in [0, 0.05) is 6.54 Å². The third kappa shape index (κ3) is 3.13. The minimum atomic E-state index is -0.277. The molecule has 0 spiro atoms. The van der Waals surface area contributed by atoms with Crippen LogP contribution in [0.25, 0.3) is 0 Å². The Kier molecular flexibility index (Phi) is 4.27. The van der Waals surface area contributed by atoms with E-state index in [-0.39, 0.29) is 17.2 Å². The topological polar surface area (TPSA) is 85.8 Å². The van der Waals surface area contributed by atoms with Crippen LogP contribution in [0.3, 0.4) is 0 Å². The highest BCUT2D eigenvalue weighted by Gasteiger charge is 2.50. The molecular formula is C20H26ClN5O2. The second-order valence-corrected chi connectivity index (χ2v) is 9.64. The molecule has 2 heterocycles. The molecule has 4 fully saturated rings. The number of hydrogen-bond donors (Lipinski definition) is 1. The standard InChI is InChI=1S/C20H26ClN5O2/c1-11-17(21)12(2)26(24-11)9-16-23-19(28-25-16)18(27)22-10-20-6-13-3-14(7-20)5-15(4-13)8-20/h13-15H,3-10H2,1-2H3,(H,22,27).